The van der Waals surface area contributed by atoms with Crippen LogP contribution in [-0.4, -0.2) is 4.92 Å². The van der Waals surface area contributed by atoms with Gasteiger partial charge >= 0.3 is 0 Å². The SMILES string of the molecule is CC(C)(C)CC(c1ccc2cc(OCc3ccc([N+](=O)[O-])c4ccccc34)ccc2c1)C(C)(C)C. The van der Waals surface area contributed by atoms with Crippen LogP contribution in [0.25, 0.3) is 21.5 Å². The van der Waals surface area contributed by atoms with Crippen molar-refractivity contribution in [1.82, 2.24) is 0 Å². The van der Waals surface area contributed by atoms with Crippen LogP contribution in [0, 0.1) is 20.9 Å². The fraction of sp³-hybridized carbons (Fsp3) is 0.355. The van der Waals surface area contributed by atoms with Crippen LogP contribution in [0.1, 0.15) is 65.0 Å². The Bertz CT molecular complexity index is 1380. The number of ether oxygens (including phenoxy) is 1. The highest BCUT2D eigenvalue weighted by atomic mass is 16.6. The molecule has 182 valence electrons. The van der Waals surface area contributed by atoms with Crippen LogP contribution in [-0.2, 0) is 6.61 Å². The molecule has 1 unspecified atom stereocenters. The molecule has 0 bridgehead atoms. The quantitative estimate of drug-likeness (QED) is 0.209. The third-order valence-corrected chi connectivity index (χ3v) is 6.68. The van der Waals surface area contributed by atoms with Crippen LogP contribution in [0.3, 0.4) is 0 Å². The number of nitrogens with zero attached hydrogens (tertiary/aromatic N) is 1. The van der Waals surface area contributed by atoms with E-state index in [2.05, 4.69) is 71.9 Å². The first kappa shape index (κ1) is 24.7. The number of nitro groups is 1. The van der Waals surface area contributed by atoms with Gasteiger partial charge in [-0.05, 0) is 74.7 Å². The van der Waals surface area contributed by atoms with Gasteiger partial charge in [-0.25, -0.2) is 0 Å². The highest BCUT2D eigenvalue weighted by molar-refractivity contribution is 5.93. The van der Waals surface area contributed by atoms with E-state index in [4.69, 9.17) is 4.74 Å². The van der Waals surface area contributed by atoms with Crippen molar-refractivity contribution in [1.29, 1.82) is 0 Å². The maximum absolute atomic E-state index is 11.4. The lowest BCUT2D eigenvalue weighted by Crippen LogP contribution is -2.23. The van der Waals surface area contributed by atoms with E-state index in [1.807, 2.05) is 24.3 Å². The molecule has 4 rings (SSSR count). The van der Waals surface area contributed by atoms with E-state index in [1.165, 1.54) is 10.9 Å². The third kappa shape index (κ3) is 5.64. The Morgan fingerprint density at radius 1 is 0.829 bits per heavy atom. The van der Waals surface area contributed by atoms with Gasteiger partial charge in [0.2, 0.25) is 0 Å². The van der Waals surface area contributed by atoms with Gasteiger partial charge in [0.15, 0.2) is 0 Å². The van der Waals surface area contributed by atoms with Gasteiger partial charge < -0.3 is 4.74 Å². The van der Waals surface area contributed by atoms with Crippen molar-refractivity contribution in [3.8, 4) is 5.75 Å². The largest absolute Gasteiger partial charge is 0.489 e. The summed E-state index contributed by atoms with van der Waals surface area (Å²) in [5.41, 5.74) is 2.86. The first-order valence-corrected chi connectivity index (χ1v) is 12.2. The molecule has 0 aromatic heterocycles. The van der Waals surface area contributed by atoms with E-state index in [1.54, 1.807) is 18.2 Å². The molecule has 4 aromatic carbocycles. The zero-order valence-corrected chi connectivity index (χ0v) is 21.6. The number of non-ortho nitro benzene ring substituents is 1. The predicted octanol–water partition coefficient (Wildman–Crippen LogP) is 9.05. The molecule has 4 heteroatoms. The third-order valence-electron chi connectivity index (χ3n) is 6.68. The van der Waals surface area contributed by atoms with Gasteiger partial charge in [-0.2, -0.15) is 0 Å². The molecule has 0 aliphatic carbocycles. The number of fused-ring (bicyclic) bond motifs is 2. The molecule has 0 saturated carbocycles. The summed E-state index contributed by atoms with van der Waals surface area (Å²) in [7, 11) is 0. The van der Waals surface area contributed by atoms with E-state index in [9.17, 15) is 10.1 Å². The van der Waals surface area contributed by atoms with E-state index in [0.717, 1.165) is 28.5 Å². The summed E-state index contributed by atoms with van der Waals surface area (Å²) in [5, 5.41) is 15.2. The average molecular weight is 470 g/mol. The number of hydrogen-bond acceptors (Lipinski definition) is 3. The van der Waals surface area contributed by atoms with Crippen LogP contribution >= 0.6 is 0 Å². The Labute approximate surface area is 208 Å². The van der Waals surface area contributed by atoms with Gasteiger partial charge in [-0.1, -0.05) is 84.0 Å². The van der Waals surface area contributed by atoms with Crippen molar-refractivity contribution >= 4 is 27.2 Å². The highest BCUT2D eigenvalue weighted by Gasteiger charge is 2.30. The van der Waals surface area contributed by atoms with Crippen molar-refractivity contribution in [2.24, 2.45) is 10.8 Å². The van der Waals surface area contributed by atoms with Gasteiger partial charge in [-0.3, -0.25) is 10.1 Å². The van der Waals surface area contributed by atoms with E-state index in [0.29, 0.717) is 17.9 Å². The van der Waals surface area contributed by atoms with Crippen molar-refractivity contribution in [3.63, 3.8) is 0 Å². The van der Waals surface area contributed by atoms with E-state index in [-0.39, 0.29) is 21.4 Å². The molecule has 0 spiro atoms. The Kier molecular flexibility index (Phi) is 6.59. The lowest BCUT2D eigenvalue weighted by atomic mass is 9.69. The van der Waals surface area contributed by atoms with Crippen LogP contribution in [0.15, 0.2) is 72.8 Å². The van der Waals surface area contributed by atoms with Crippen molar-refractivity contribution < 1.29 is 9.66 Å². The molecule has 4 nitrogen and oxygen atoms in total. The molecule has 35 heavy (non-hydrogen) atoms. The van der Waals surface area contributed by atoms with Crippen LogP contribution in [0.2, 0.25) is 0 Å². The number of hydrogen-bond donors (Lipinski definition) is 0. The zero-order valence-electron chi connectivity index (χ0n) is 21.6. The lowest BCUT2D eigenvalue weighted by molar-refractivity contribution is -0.383. The van der Waals surface area contributed by atoms with Gasteiger partial charge in [0.05, 0.1) is 10.3 Å². The monoisotopic (exact) mass is 469 g/mol. The minimum atomic E-state index is -0.337. The van der Waals surface area contributed by atoms with Crippen molar-refractivity contribution in [2.75, 3.05) is 0 Å². The molecule has 0 N–H and O–H groups in total. The molecular weight excluding hydrogens is 434 g/mol. The Morgan fingerprint density at radius 3 is 2.14 bits per heavy atom. The first-order chi connectivity index (χ1) is 16.4. The minimum absolute atomic E-state index is 0.117. The molecule has 0 saturated heterocycles. The topological polar surface area (TPSA) is 52.4 Å². The van der Waals surface area contributed by atoms with Gasteiger partial charge in [0.1, 0.15) is 12.4 Å². The van der Waals surface area contributed by atoms with E-state index >= 15 is 0 Å². The minimum Gasteiger partial charge on any atom is -0.489 e. The molecule has 4 aromatic rings. The van der Waals surface area contributed by atoms with Gasteiger partial charge in [-0.15, -0.1) is 0 Å². The fourth-order valence-electron chi connectivity index (χ4n) is 4.88. The molecule has 0 aliphatic rings. The van der Waals surface area contributed by atoms with E-state index < -0.39 is 0 Å². The summed E-state index contributed by atoms with van der Waals surface area (Å²) < 4.78 is 6.14. The van der Waals surface area contributed by atoms with Crippen molar-refractivity contribution in [3.05, 3.63) is 94.0 Å². The predicted molar refractivity (Wildman–Crippen MR) is 145 cm³/mol. The second-order valence-corrected chi connectivity index (χ2v) is 11.8. The first-order valence-electron chi connectivity index (χ1n) is 12.2. The summed E-state index contributed by atoms with van der Waals surface area (Å²) >= 11 is 0. The Hall–Kier alpha value is -3.40. The molecule has 0 fully saturated rings. The second-order valence-electron chi connectivity index (χ2n) is 11.8. The van der Waals surface area contributed by atoms with Crippen LogP contribution in [0.5, 0.6) is 5.75 Å². The molecule has 0 amide bonds. The summed E-state index contributed by atoms with van der Waals surface area (Å²) in [4.78, 5) is 11.1. The number of rotatable bonds is 6. The lowest BCUT2D eigenvalue weighted by Gasteiger charge is -2.36. The molecular formula is C31H35NO3. The zero-order chi connectivity index (χ0) is 25.4. The Balaban J connectivity index is 1.59. The standard InChI is InChI=1S/C31H35NO3/c1-30(2,3)19-28(31(4,5)6)23-12-11-22-18-25(15-13-21(22)17-23)35-20-24-14-16-29(32(33)34)27-10-8-7-9-26(24)27/h7-18,28H,19-20H2,1-6H3. The smallest absolute Gasteiger partial charge is 0.277 e. The van der Waals surface area contributed by atoms with Gasteiger partial charge in [0.25, 0.3) is 5.69 Å². The normalized spacial score (nSPS) is 13.2. The summed E-state index contributed by atoms with van der Waals surface area (Å²) in [5.74, 6) is 1.26. The summed E-state index contributed by atoms with van der Waals surface area (Å²) in [6.45, 7) is 14.3. The fourth-order valence-corrected chi connectivity index (χ4v) is 4.88. The number of nitro benzene ring substituents is 1. The Morgan fingerprint density at radius 2 is 1.49 bits per heavy atom. The molecule has 0 radical (unpaired) electrons. The number of benzene rings is 4. The maximum atomic E-state index is 11.4. The van der Waals surface area contributed by atoms with Crippen LogP contribution < -0.4 is 4.74 Å². The summed E-state index contributed by atoms with van der Waals surface area (Å²) in [6, 6.07) is 23.7. The highest BCUT2D eigenvalue weighted by Crippen LogP contribution is 2.43. The second kappa shape index (κ2) is 9.33. The summed E-state index contributed by atoms with van der Waals surface area (Å²) in [6.07, 6.45) is 1.13. The molecule has 0 heterocycles. The van der Waals surface area contributed by atoms with Crippen molar-refractivity contribution in [2.45, 2.75) is 60.5 Å². The maximum Gasteiger partial charge on any atom is 0.277 e. The molecule has 1 atom stereocenters. The van der Waals surface area contributed by atoms with Gasteiger partial charge in [0, 0.05) is 6.07 Å². The molecule has 0 aliphatic heterocycles. The van der Waals surface area contributed by atoms with Crippen LogP contribution in [0.4, 0.5) is 5.69 Å². The average Bonchev–Trinajstić information content (AvgIpc) is 2.79.